The third kappa shape index (κ3) is 1.47. The van der Waals surface area contributed by atoms with Crippen LogP contribution in [0.25, 0.3) is 10.6 Å². The van der Waals surface area contributed by atoms with Crippen LogP contribution < -0.4 is 5.73 Å². The minimum atomic E-state index is 0.556. The Morgan fingerprint density at radius 1 is 1.50 bits per heavy atom. The average molecular weight is 208 g/mol. The van der Waals surface area contributed by atoms with Crippen LogP contribution in [0, 0.1) is 13.8 Å². The summed E-state index contributed by atoms with van der Waals surface area (Å²) in [5.74, 6) is 0.905. The highest BCUT2D eigenvalue weighted by Gasteiger charge is 2.11. The molecule has 0 bridgehead atoms. The third-order valence-corrected chi connectivity index (χ3v) is 3.38. The number of nitrogens with two attached hydrogens (primary N) is 1. The lowest BCUT2D eigenvalue weighted by molar-refractivity contribution is 0.535. The molecule has 0 spiro atoms. The van der Waals surface area contributed by atoms with Gasteiger partial charge >= 0.3 is 0 Å². The minimum Gasteiger partial charge on any atom is -0.469 e. The topological polar surface area (TPSA) is 52.0 Å². The molecule has 0 amide bonds. The number of nitrogens with zero attached hydrogens (tertiary/aromatic N) is 1. The normalized spacial score (nSPS) is 10.8. The lowest BCUT2D eigenvalue weighted by Gasteiger charge is -1.90. The monoisotopic (exact) mass is 208 g/mol. The van der Waals surface area contributed by atoms with Gasteiger partial charge in [0, 0.05) is 11.4 Å². The molecule has 0 unspecified atom stereocenters. The molecule has 0 aliphatic carbocycles. The second-order valence-electron chi connectivity index (χ2n) is 3.12. The lowest BCUT2D eigenvalue weighted by Crippen LogP contribution is -1.94. The summed E-state index contributed by atoms with van der Waals surface area (Å²) in [6.07, 6.45) is 1.68. The summed E-state index contributed by atoms with van der Waals surface area (Å²) in [6, 6.07) is 1.94. The van der Waals surface area contributed by atoms with Crippen molar-refractivity contribution < 1.29 is 4.42 Å². The second-order valence-corrected chi connectivity index (χ2v) is 4.21. The van der Waals surface area contributed by atoms with Crippen molar-refractivity contribution in [2.45, 2.75) is 20.4 Å². The smallest absolute Gasteiger partial charge is 0.127 e. The number of thiazole rings is 1. The molecule has 3 nitrogen and oxygen atoms in total. The van der Waals surface area contributed by atoms with E-state index in [0.717, 1.165) is 26.9 Å². The van der Waals surface area contributed by atoms with E-state index in [0.29, 0.717) is 6.54 Å². The van der Waals surface area contributed by atoms with Gasteiger partial charge in [0.2, 0.25) is 0 Å². The SMILES string of the molecule is Cc1nc(-c2ccoc2C)sc1CN. The number of furan rings is 1. The van der Waals surface area contributed by atoms with Gasteiger partial charge in [-0.15, -0.1) is 11.3 Å². The number of aryl methyl sites for hydroxylation is 2. The van der Waals surface area contributed by atoms with E-state index in [1.54, 1.807) is 17.6 Å². The third-order valence-electron chi connectivity index (χ3n) is 2.17. The molecule has 0 fully saturated rings. The molecule has 2 rings (SSSR count). The fraction of sp³-hybridized carbons (Fsp3) is 0.300. The van der Waals surface area contributed by atoms with Gasteiger partial charge in [0.25, 0.3) is 0 Å². The highest BCUT2D eigenvalue weighted by Crippen LogP contribution is 2.30. The molecule has 0 aromatic carbocycles. The largest absolute Gasteiger partial charge is 0.469 e. The van der Waals surface area contributed by atoms with E-state index in [-0.39, 0.29) is 0 Å². The van der Waals surface area contributed by atoms with Gasteiger partial charge in [-0.25, -0.2) is 4.98 Å². The highest BCUT2D eigenvalue weighted by molar-refractivity contribution is 7.15. The molecule has 0 saturated heterocycles. The Balaban J connectivity index is 2.47. The number of hydrogen-bond donors (Lipinski definition) is 1. The molecule has 14 heavy (non-hydrogen) atoms. The van der Waals surface area contributed by atoms with Crippen LogP contribution >= 0.6 is 11.3 Å². The van der Waals surface area contributed by atoms with Gasteiger partial charge < -0.3 is 10.2 Å². The quantitative estimate of drug-likeness (QED) is 0.824. The molecular formula is C10H12N2OS. The molecular weight excluding hydrogens is 196 g/mol. The highest BCUT2D eigenvalue weighted by atomic mass is 32.1. The Morgan fingerprint density at radius 3 is 2.79 bits per heavy atom. The zero-order valence-electron chi connectivity index (χ0n) is 8.20. The first kappa shape index (κ1) is 9.43. The molecule has 2 aromatic heterocycles. The maximum absolute atomic E-state index is 5.60. The molecule has 2 heterocycles. The number of hydrogen-bond acceptors (Lipinski definition) is 4. The Labute approximate surface area is 86.6 Å². The summed E-state index contributed by atoms with van der Waals surface area (Å²) in [4.78, 5) is 5.60. The minimum absolute atomic E-state index is 0.556. The van der Waals surface area contributed by atoms with E-state index in [9.17, 15) is 0 Å². The molecule has 0 aliphatic heterocycles. The first-order valence-electron chi connectivity index (χ1n) is 4.43. The Kier molecular flexibility index (Phi) is 2.39. The molecule has 0 saturated carbocycles. The lowest BCUT2D eigenvalue weighted by atomic mass is 10.3. The summed E-state index contributed by atoms with van der Waals surface area (Å²) in [7, 11) is 0. The first-order chi connectivity index (χ1) is 6.72. The Hall–Kier alpha value is -1.13. The summed E-state index contributed by atoms with van der Waals surface area (Å²) in [5, 5.41) is 0.995. The molecule has 0 radical (unpaired) electrons. The van der Waals surface area contributed by atoms with E-state index in [4.69, 9.17) is 10.2 Å². The number of aromatic nitrogens is 1. The molecule has 2 aromatic rings. The average Bonchev–Trinajstić information content (AvgIpc) is 2.71. The van der Waals surface area contributed by atoms with Crippen molar-refractivity contribution in [1.82, 2.24) is 4.98 Å². The summed E-state index contributed by atoms with van der Waals surface area (Å²) in [5.41, 5.74) is 7.69. The van der Waals surface area contributed by atoms with Crippen molar-refractivity contribution in [3.63, 3.8) is 0 Å². The maximum atomic E-state index is 5.60. The van der Waals surface area contributed by atoms with Crippen molar-refractivity contribution in [2.24, 2.45) is 5.73 Å². The van der Waals surface area contributed by atoms with Crippen LogP contribution in [-0.4, -0.2) is 4.98 Å². The van der Waals surface area contributed by atoms with Crippen LogP contribution in [0.3, 0.4) is 0 Å². The predicted molar refractivity (Wildman–Crippen MR) is 57.2 cm³/mol. The zero-order chi connectivity index (χ0) is 10.1. The standard InChI is InChI=1S/C10H12N2OS/c1-6-9(5-11)14-10(12-6)8-3-4-13-7(8)2/h3-4H,5,11H2,1-2H3. The van der Waals surface area contributed by atoms with Gasteiger partial charge in [-0.3, -0.25) is 0 Å². The van der Waals surface area contributed by atoms with Gasteiger partial charge in [0.1, 0.15) is 10.8 Å². The second kappa shape index (κ2) is 3.55. The summed E-state index contributed by atoms with van der Waals surface area (Å²) < 4.78 is 5.24. The first-order valence-corrected chi connectivity index (χ1v) is 5.25. The van der Waals surface area contributed by atoms with Crippen LogP contribution in [0.4, 0.5) is 0 Å². The zero-order valence-corrected chi connectivity index (χ0v) is 9.02. The van der Waals surface area contributed by atoms with Crippen molar-refractivity contribution >= 4 is 11.3 Å². The van der Waals surface area contributed by atoms with Crippen LogP contribution in [0.15, 0.2) is 16.7 Å². The number of rotatable bonds is 2. The van der Waals surface area contributed by atoms with Gasteiger partial charge in [0.15, 0.2) is 0 Å². The Morgan fingerprint density at radius 2 is 2.29 bits per heavy atom. The van der Waals surface area contributed by atoms with Crippen molar-refractivity contribution in [2.75, 3.05) is 0 Å². The van der Waals surface area contributed by atoms with Crippen molar-refractivity contribution in [3.8, 4) is 10.6 Å². The summed E-state index contributed by atoms with van der Waals surface area (Å²) >= 11 is 1.64. The van der Waals surface area contributed by atoms with Crippen LogP contribution in [-0.2, 0) is 6.54 Å². The fourth-order valence-corrected chi connectivity index (χ4v) is 2.35. The van der Waals surface area contributed by atoms with E-state index in [1.165, 1.54) is 0 Å². The van der Waals surface area contributed by atoms with Crippen LogP contribution in [0.5, 0.6) is 0 Å². The van der Waals surface area contributed by atoms with E-state index >= 15 is 0 Å². The van der Waals surface area contributed by atoms with Gasteiger partial charge in [0.05, 0.1) is 17.5 Å². The van der Waals surface area contributed by atoms with Crippen LogP contribution in [0.1, 0.15) is 16.3 Å². The van der Waals surface area contributed by atoms with Gasteiger partial charge in [-0.1, -0.05) is 0 Å². The molecule has 74 valence electrons. The van der Waals surface area contributed by atoms with Gasteiger partial charge in [-0.05, 0) is 19.9 Å². The predicted octanol–water partition coefficient (Wildman–Crippen LogP) is 2.48. The van der Waals surface area contributed by atoms with Crippen molar-refractivity contribution in [3.05, 3.63) is 28.7 Å². The van der Waals surface area contributed by atoms with E-state index in [2.05, 4.69) is 4.98 Å². The van der Waals surface area contributed by atoms with Gasteiger partial charge in [-0.2, -0.15) is 0 Å². The molecule has 0 aliphatic rings. The Bertz CT molecular complexity index is 445. The van der Waals surface area contributed by atoms with Crippen molar-refractivity contribution in [1.29, 1.82) is 0 Å². The van der Waals surface area contributed by atoms with E-state index < -0.39 is 0 Å². The molecule has 2 N–H and O–H groups in total. The molecule has 0 atom stereocenters. The van der Waals surface area contributed by atoms with E-state index in [1.807, 2.05) is 19.9 Å². The van der Waals surface area contributed by atoms with Crippen LogP contribution in [0.2, 0.25) is 0 Å². The molecule has 4 heteroatoms. The fourth-order valence-electron chi connectivity index (χ4n) is 1.34. The maximum Gasteiger partial charge on any atom is 0.127 e. The summed E-state index contributed by atoms with van der Waals surface area (Å²) in [6.45, 7) is 4.48.